The van der Waals surface area contributed by atoms with Crippen molar-refractivity contribution >= 4 is 9.84 Å². The summed E-state index contributed by atoms with van der Waals surface area (Å²) in [4.78, 5) is 0.106. The van der Waals surface area contributed by atoms with E-state index in [2.05, 4.69) is 0 Å². The zero-order valence-electron chi connectivity index (χ0n) is 14.6. The van der Waals surface area contributed by atoms with E-state index in [1.165, 1.54) is 12.1 Å². The Hall–Kier alpha value is -1.79. The van der Waals surface area contributed by atoms with Gasteiger partial charge >= 0.3 is 0 Å². The molecule has 6 heteroatoms. The Balaban J connectivity index is 2.18. The first kappa shape index (κ1) is 19.0. The van der Waals surface area contributed by atoms with Gasteiger partial charge in [0.15, 0.2) is 9.84 Å². The second-order valence-corrected chi connectivity index (χ2v) is 9.32. The second kappa shape index (κ2) is 7.08. The number of hydrogen-bond acceptors (Lipinski definition) is 3. The number of sulfone groups is 1. The van der Waals surface area contributed by atoms with Crippen LogP contribution in [0.1, 0.15) is 36.8 Å². The molecule has 1 aliphatic rings. The number of rotatable bonds is 4. The second-order valence-electron chi connectivity index (χ2n) is 7.06. The van der Waals surface area contributed by atoms with Crippen LogP contribution >= 0.6 is 0 Å². The quantitative estimate of drug-likeness (QED) is 0.868. The maximum Gasteiger partial charge on any atom is 0.188 e. The van der Waals surface area contributed by atoms with E-state index in [1.807, 2.05) is 6.92 Å². The van der Waals surface area contributed by atoms with E-state index in [1.54, 1.807) is 12.1 Å². The molecule has 2 aromatic rings. The fraction of sp³-hybridized carbons (Fsp3) is 0.400. The fourth-order valence-corrected chi connectivity index (χ4v) is 5.96. The van der Waals surface area contributed by atoms with Crippen LogP contribution in [0.5, 0.6) is 0 Å². The molecule has 3 rings (SSSR count). The first-order chi connectivity index (χ1) is 12.3. The lowest BCUT2D eigenvalue weighted by atomic mass is 9.78. The predicted molar refractivity (Wildman–Crippen MR) is 95.4 cm³/mol. The summed E-state index contributed by atoms with van der Waals surface area (Å²) in [6.45, 7) is 1.82. The standard InChI is InChI=1S/C20H22F2O3S/c1-14-2-5-17(6-3-14)26(24,25)20(10-8-15(13-23)9-11-20)18-12-16(21)4-7-19(18)22/h2-7,12,15,23H,8-11,13H2,1H3. The van der Waals surface area contributed by atoms with Gasteiger partial charge in [-0.25, -0.2) is 17.2 Å². The third-order valence-electron chi connectivity index (χ3n) is 5.44. The summed E-state index contributed by atoms with van der Waals surface area (Å²) >= 11 is 0. The number of aliphatic hydroxyl groups is 1. The average molecular weight is 380 g/mol. The van der Waals surface area contributed by atoms with Gasteiger partial charge < -0.3 is 5.11 Å². The minimum Gasteiger partial charge on any atom is -0.396 e. The van der Waals surface area contributed by atoms with E-state index in [-0.39, 0.29) is 35.8 Å². The van der Waals surface area contributed by atoms with Crippen molar-refractivity contribution in [2.24, 2.45) is 5.92 Å². The van der Waals surface area contributed by atoms with Crippen LogP contribution in [-0.2, 0) is 14.6 Å². The van der Waals surface area contributed by atoms with Crippen LogP contribution in [0.3, 0.4) is 0 Å². The smallest absolute Gasteiger partial charge is 0.188 e. The number of hydrogen-bond donors (Lipinski definition) is 1. The lowest BCUT2D eigenvalue weighted by Gasteiger charge is -2.39. The highest BCUT2D eigenvalue weighted by molar-refractivity contribution is 7.92. The van der Waals surface area contributed by atoms with E-state index in [9.17, 15) is 22.3 Å². The van der Waals surface area contributed by atoms with Crippen LogP contribution in [0.25, 0.3) is 0 Å². The largest absolute Gasteiger partial charge is 0.396 e. The van der Waals surface area contributed by atoms with Gasteiger partial charge in [-0.3, -0.25) is 0 Å². The molecule has 0 amide bonds. The van der Waals surface area contributed by atoms with Crippen LogP contribution in [-0.4, -0.2) is 20.1 Å². The van der Waals surface area contributed by atoms with Crippen LogP contribution in [0.4, 0.5) is 8.78 Å². The van der Waals surface area contributed by atoms with Gasteiger partial charge in [0.2, 0.25) is 0 Å². The van der Waals surface area contributed by atoms with Crippen molar-refractivity contribution in [2.45, 2.75) is 42.2 Å². The summed E-state index contributed by atoms with van der Waals surface area (Å²) in [5.74, 6) is -1.40. The highest BCUT2D eigenvalue weighted by Gasteiger charge is 2.49. The molecular weight excluding hydrogens is 358 g/mol. The number of aliphatic hydroxyl groups excluding tert-OH is 1. The molecule has 0 spiro atoms. The molecule has 0 atom stereocenters. The SMILES string of the molecule is Cc1ccc(S(=O)(=O)C2(c3cc(F)ccc3F)CCC(CO)CC2)cc1. The minimum absolute atomic E-state index is 0.0204. The van der Waals surface area contributed by atoms with Crippen LogP contribution < -0.4 is 0 Å². The molecular formula is C20H22F2O3S. The Kier molecular flexibility index (Phi) is 5.17. The van der Waals surface area contributed by atoms with Crippen LogP contribution in [0.2, 0.25) is 0 Å². The molecule has 0 saturated heterocycles. The molecule has 1 saturated carbocycles. The Labute approximate surface area is 152 Å². The van der Waals surface area contributed by atoms with Crippen LogP contribution in [0.15, 0.2) is 47.4 Å². The zero-order chi connectivity index (χ0) is 18.9. The van der Waals surface area contributed by atoms with Gasteiger partial charge in [0.05, 0.1) is 4.90 Å². The molecule has 1 fully saturated rings. The van der Waals surface area contributed by atoms with E-state index in [0.29, 0.717) is 12.8 Å². The average Bonchev–Trinajstić information content (AvgIpc) is 2.64. The summed E-state index contributed by atoms with van der Waals surface area (Å²) in [7, 11) is -3.95. The monoisotopic (exact) mass is 380 g/mol. The van der Waals surface area contributed by atoms with E-state index < -0.39 is 26.2 Å². The maximum atomic E-state index is 14.6. The van der Waals surface area contributed by atoms with Gasteiger partial charge in [0.1, 0.15) is 16.4 Å². The number of halogens is 2. The van der Waals surface area contributed by atoms with Gasteiger partial charge in [0, 0.05) is 12.2 Å². The first-order valence-corrected chi connectivity index (χ1v) is 10.2. The van der Waals surface area contributed by atoms with Crippen molar-refractivity contribution in [3.05, 3.63) is 65.2 Å². The topological polar surface area (TPSA) is 54.4 Å². The number of aryl methyl sites for hydroxylation is 1. The molecule has 0 radical (unpaired) electrons. The van der Waals surface area contributed by atoms with Crippen molar-refractivity contribution in [1.29, 1.82) is 0 Å². The highest BCUT2D eigenvalue weighted by Crippen LogP contribution is 2.49. The molecule has 0 aliphatic heterocycles. The number of benzene rings is 2. The van der Waals surface area contributed by atoms with Gasteiger partial charge in [-0.05, 0) is 68.9 Å². The summed E-state index contributed by atoms with van der Waals surface area (Å²) in [5, 5.41) is 9.40. The fourth-order valence-electron chi connectivity index (χ4n) is 3.80. The lowest BCUT2D eigenvalue weighted by Crippen LogP contribution is -2.41. The lowest BCUT2D eigenvalue weighted by molar-refractivity contribution is 0.172. The molecule has 1 N–H and O–H groups in total. The van der Waals surface area contributed by atoms with E-state index >= 15 is 0 Å². The van der Waals surface area contributed by atoms with Crippen LogP contribution in [0, 0.1) is 24.5 Å². The molecule has 0 unspecified atom stereocenters. The van der Waals surface area contributed by atoms with Gasteiger partial charge in [-0.2, -0.15) is 0 Å². The summed E-state index contributed by atoms with van der Waals surface area (Å²) < 4.78 is 54.0. The molecule has 1 aliphatic carbocycles. The van der Waals surface area contributed by atoms with Crippen molar-refractivity contribution in [2.75, 3.05) is 6.61 Å². The molecule has 140 valence electrons. The Bertz CT molecular complexity index is 884. The minimum atomic E-state index is -3.95. The van der Waals surface area contributed by atoms with Crippen molar-refractivity contribution < 1.29 is 22.3 Å². The third kappa shape index (κ3) is 3.16. The van der Waals surface area contributed by atoms with Crippen molar-refractivity contribution in [3.63, 3.8) is 0 Å². The predicted octanol–water partition coefficient (Wildman–Crippen LogP) is 4.12. The van der Waals surface area contributed by atoms with Gasteiger partial charge in [0.25, 0.3) is 0 Å². The summed E-state index contributed by atoms with van der Waals surface area (Å²) in [6, 6.07) is 9.40. The Morgan fingerprint density at radius 3 is 2.27 bits per heavy atom. The summed E-state index contributed by atoms with van der Waals surface area (Å²) in [6.07, 6.45) is 1.18. The molecule has 0 bridgehead atoms. The molecule has 3 nitrogen and oxygen atoms in total. The molecule has 2 aromatic carbocycles. The Morgan fingerprint density at radius 2 is 1.69 bits per heavy atom. The van der Waals surface area contributed by atoms with Gasteiger partial charge in [-0.15, -0.1) is 0 Å². The zero-order valence-corrected chi connectivity index (χ0v) is 15.4. The molecule has 0 aromatic heterocycles. The van der Waals surface area contributed by atoms with Gasteiger partial charge in [-0.1, -0.05) is 17.7 Å². The van der Waals surface area contributed by atoms with E-state index in [0.717, 1.165) is 23.8 Å². The Morgan fingerprint density at radius 1 is 1.08 bits per heavy atom. The summed E-state index contributed by atoms with van der Waals surface area (Å²) in [5.41, 5.74) is 0.799. The maximum absolute atomic E-state index is 14.6. The highest BCUT2D eigenvalue weighted by atomic mass is 32.2. The third-order valence-corrected chi connectivity index (χ3v) is 7.99. The van der Waals surface area contributed by atoms with Crippen molar-refractivity contribution in [3.8, 4) is 0 Å². The molecule has 26 heavy (non-hydrogen) atoms. The van der Waals surface area contributed by atoms with Crippen molar-refractivity contribution in [1.82, 2.24) is 0 Å². The normalized spacial score (nSPS) is 23.8. The first-order valence-electron chi connectivity index (χ1n) is 8.68. The van der Waals surface area contributed by atoms with E-state index in [4.69, 9.17) is 0 Å². The molecule has 0 heterocycles.